The summed E-state index contributed by atoms with van der Waals surface area (Å²) in [4.78, 5) is 29.9. The summed E-state index contributed by atoms with van der Waals surface area (Å²) < 4.78 is 5.30. The van der Waals surface area contributed by atoms with Crippen molar-refractivity contribution in [2.45, 2.75) is 13.3 Å². The van der Waals surface area contributed by atoms with Crippen molar-refractivity contribution >= 4 is 22.7 Å². The highest BCUT2D eigenvalue weighted by Crippen LogP contribution is 2.27. The Morgan fingerprint density at radius 3 is 2.96 bits per heavy atom. The van der Waals surface area contributed by atoms with Crippen LogP contribution in [0.1, 0.15) is 33.0 Å². The highest BCUT2D eigenvalue weighted by Gasteiger charge is 2.28. The van der Waals surface area contributed by atoms with Gasteiger partial charge in [0, 0.05) is 36.6 Å². The third-order valence-corrected chi connectivity index (χ3v) is 5.16. The van der Waals surface area contributed by atoms with Gasteiger partial charge in [0.05, 0.1) is 13.3 Å². The highest BCUT2D eigenvalue weighted by molar-refractivity contribution is 5.99. The molecule has 2 aromatic heterocycles. The second kappa shape index (κ2) is 7.34. The van der Waals surface area contributed by atoms with Crippen LogP contribution in [0.5, 0.6) is 5.75 Å². The van der Waals surface area contributed by atoms with Gasteiger partial charge < -0.3 is 19.9 Å². The van der Waals surface area contributed by atoms with Crippen molar-refractivity contribution in [3.8, 4) is 5.75 Å². The molecule has 1 aromatic carbocycles. The van der Waals surface area contributed by atoms with E-state index in [4.69, 9.17) is 4.74 Å². The molecule has 0 saturated carbocycles. The van der Waals surface area contributed by atoms with Gasteiger partial charge in [0.25, 0.3) is 11.8 Å². The number of aromatic nitrogens is 4. The summed E-state index contributed by atoms with van der Waals surface area (Å²) in [5.74, 6) is 0.680. The molecule has 146 valence electrons. The van der Waals surface area contributed by atoms with Gasteiger partial charge in [-0.25, -0.2) is 0 Å². The van der Waals surface area contributed by atoms with Gasteiger partial charge >= 0.3 is 0 Å². The topological polar surface area (TPSA) is 116 Å². The van der Waals surface area contributed by atoms with E-state index in [1.54, 1.807) is 7.11 Å². The minimum Gasteiger partial charge on any atom is -0.497 e. The maximum atomic E-state index is 12.9. The average Bonchev–Trinajstić information content (AvgIpc) is 3.45. The molecule has 0 radical (unpaired) electrons. The maximum Gasteiger partial charge on any atom is 0.273 e. The molecule has 0 bridgehead atoms. The number of carbonyl (C=O) groups excluding carboxylic acids is 2. The Morgan fingerprint density at radius 1 is 1.36 bits per heavy atom. The lowest BCUT2D eigenvalue weighted by Crippen LogP contribution is -2.33. The Bertz CT molecular complexity index is 1010. The Labute approximate surface area is 161 Å². The van der Waals surface area contributed by atoms with Crippen LogP contribution in [0.4, 0.5) is 0 Å². The first kappa shape index (κ1) is 18.0. The summed E-state index contributed by atoms with van der Waals surface area (Å²) in [6.45, 7) is 3.77. The quantitative estimate of drug-likeness (QED) is 0.618. The number of aromatic amines is 2. The zero-order valence-corrected chi connectivity index (χ0v) is 15.8. The number of H-pyrrole nitrogens is 2. The minimum absolute atomic E-state index is 0.0279. The number of amides is 2. The van der Waals surface area contributed by atoms with Gasteiger partial charge in [-0.15, -0.1) is 0 Å². The molecular formula is C19H22N6O3. The normalized spacial score (nSPS) is 16.5. The molecule has 3 N–H and O–H groups in total. The van der Waals surface area contributed by atoms with Crippen LogP contribution >= 0.6 is 0 Å². The summed E-state index contributed by atoms with van der Waals surface area (Å²) in [5.41, 5.74) is 2.77. The van der Waals surface area contributed by atoms with Crippen molar-refractivity contribution in [1.29, 1.82) is 0 Å². The molecule has 28 heavy (non-hydrogen) atoms. The minimum atomic E-state index is -0.265. The van der Waals surface area contributed by atoms with E-state index < -0.39 is 0 Å². The number of nitrogens with one attached hydrogen (secondary N) is 3. The molecule has 0 spiro atoms. The summed E-state index contributed by atoms with van der Waals surface area (Å²) in [6.07, 6.45) is 2.23. The Hall–Kier alpha value is -3.36. The van der Waals surface area contributed by atoms with Crippen LogP contribution in [0, 0.1) is 12.8 Å². The number of rotatable bonds is 5. The fraction of sp³-hybridized carbons (Fsp3) is 0.368. The van der Waals surface area contributed by atoms with E-state index in [-0.39, 0.29) is 23.4 Å². The van der Waals surface area contributed by atoms with Gasteiger partial charge in [-0.3, -0.25) is 9.59 Å². The number of ether oxygens (including phenoxy) is 1. The van der Waals surface area contributed by atoms with Crippen LogP contribution in [-0.2, 0) is 0 Å². The van der Waals surface area contributed by atoms with E-state index in [2.05, 4.69) is 25.7 Å². The molecule has 1 aliphatic rings. The van der Waals surface area contributed by atoms with E-state index in [0.29, 0.717) is 25.3 Å². The van der Waals surface area contributed by atoms with Gasteiger partial charge in [0.15, 0.2) is 5.69 Å². The molecule has 9 heteroatoms. The first-order valence-electron chi connectivity index (χ1n) is 9.15. The zero-order chi connectivity index (χ0) is 19.7. The van der Waals surface area contributed by atoms with Crippen molar-refractivity contribution in [3.05, 3.63) is 41.3 Å². The predicted molar refractivity (Wildman–Crippen MR) is 102 cm³/mol. The number of carbonyl (C=O) groups is 2. The van der Waals surface area contributed by atoms with E-state index in [1.807, 2.05) is 30.0 Å². The van der Waals surface area contributed by atoms with Crippen LogP contribution in [0.2, 0.25) is 0 Å². The smallest absolute Gasteiger partial charge is 0.273 e. The summed E-state index contributed by atoms with van der Waals surface area (Å²) in [7, 11) is 1.63. The lowest BCUT2D eigenvalue weighted by molar-refractivity contribution is 0.0782. The summed E-state index contributed by atoms with van der Waals surface area (Å²) in [5, 5.41) is 13.7. The molecule has 1 unspecified atom stereocenters. The first-order chi connectivity index (χ1) is 13.5. The van der Waals surface area contributed by atoms with E-state index in [9.17, 15) is 9.59 Å². The molecule has 1 saturated heterocycles. The highest BCUT2D eigenvalue weighted by atomic mass is 16.5. The van der Waals surface area contributed by atoms with Crippen molar-refractivity contribution in [2.24, 2.45) is 5.92 Å². The number of likely N-dealkylation sites (tertiary alicyclic amines) is 1. The summed E-state index contributed by atoms with van der Waals surface area (Å²) in [6, 6.07) is 5.74. The lowest BCUT2D eigenvalue weighted by Gasteiger charge is -2.15. The standard InChI is InChI=1S/C19H22N6O3/c1-11-5-13(28-2)6-15-14(11)7-16(22-15)19(27)25-4-3-12(10-25)8-20-18(26)17-9-21-24-23-17/h5-7,9,12,22H,3-4,8,10H2,1-2H3,(H,20,26)(H,21,23,24). The Morgan fingerprint density at radius 2 is 2.21 bits per heavy atom. The van der Waals surface area contributed by atoms with Gasteiger partial charge in [0.1, 0.15) is 11.4 Å². The van der Waals surface area contributed by atoms with Crippen LogP contribution in [0.15, 0.2) is 24.4 Å². The largest absolute Gasteiger partial charge is 0.497 e. The Balaban J connectivity index is 1.40. The van der Waals surface area contributed by atoms with Gasteiger partial charge in [-0.2, -0.15) is 15.4 Å². The number of hydrogen-bond donors (Lipinski definition) is 3. The third-order valence-electron chi connectivity index (χ3n) is 5.16. The third kappa shape index (κ3) is 3.42. The van der Waals surface area contributed by atoms with Crippen molar-refractivity contribution < 1.29 is 14.3 Å². The zero-order valence-electron chi connectivity index (χ0n) is 15.8. The second-order valence-electron chi connectivity index (χ2n) is 7.06. The number of methoxy groups -OCH3 is 1. The number of aryl methyl sites for hydroxylation is 1. The molecule has 1 aliphatic heterocycles. The fourth-order valence-electron chi connectivity index (χ4n) is 3.61. The number of fused-ring (bicyclic) bond motifs is 1. The molecular weight excluding hydrogens is 360 g/mol. The predicted octanol–water partition coefficient (Wildman–Crippen LogP) is 1.50. The molecule has 1 atom stereocenters. The van der Waals surface area contributed by atoms with Gasteiger partial charge in [0.2, 0.25) is 0 Å². The van der Waals surface area contributed by atoms with Crippen LogP contribution < -0.4 is 10.1 Å². The molecule has 2 amide bonds. The van der Waals surface area contributed by atoms with E-state index >= 15 is 0 Å². The lowest BCUT2D eigenvalue weighted by atomic mass is 10.1. The molecule has 0 aliphatic carbocycles. The van der Waals surface area contributed by atoms with Crippen LogP contribution in [-0.4, -0.2) is 63.9 Å². The number of benzene rings is 1. The van der Waals surface area contributed by atoms with Crippen molar-refractivity contribution in [2.75, 3.05) is 26.7 Å². The average molecular weight is 382 g/mol. The molecule has 1 fully saturated rings. The molecule has 3 heterocycles. The van der Waals surface area contributed by atoms with Gasteiger partial charge in [-0.1, -0.05) is 0 Å². The fourth-order valence-corrected chi connectivity index (χ4v) is 3.61. The second-order valence-corrected chi connectivity index (χ2v) is 7.06. The van der Waals surface area contributed by atoms with E-state index in [1.165, 1.54) is 6.20 Å². The van der Waals surface area contributed by atoms with Crippen molar-refractivity contribution in [3.63, 3.8) is 0 Å². The van der Waals surface area contributed by atoms with Crippen molar-refractivity contribution in [1.82, 2.24) is 30.6 Å². The Kier molecular flexibility index (Phi) is 4.72. The summed E-state index contributed by atoms with van der Waals surface area (Å²) >= 11 is 0. The maximum absolute atomic E-state index is 12.9. The molecule has 3 aromatic rings. The van der Waals surface area contributed by atoms with Crippen LogP contribution in [0.25, 0.3) is 10.9 Å². The SMILES string of the molecule is COc1cc(C)c2cc(C(=O)N3CCC(CNC(=O)c4cn[nH]n4)C3)[nH]c2c1. The van der Waals surface area contributed by atoms with Gasteiger partial charge in [-0.05, 0) is 37.0 Å². The first-order valence-corrected chi connectivity index (χ1v) is 9.15. The molecule has 9 nitrogen and oxygen atoms in total. The monoisotopic (exact) mass is 382 g/mol. The van der Waals surface area contributed by atoms with E-state index in [0.717, 1.165) is 28.6 Å². The van der Waals surface area contributed by atoms with Crippen LogP contribution in [0.3, 0.4) is 0 Å². The number of nitrogens with zero attached hydrogens (tertiary/aromatic N) is 3. The number of hydrogen-bond acceptors (Lipinski definition) is 5. The molecule has 4 rings (SSSR count).